The number of anilines is 5. The molecular weight excluding hydrogens is 1190 g/mol. The lowest BCUT2D eigenvalue weighted by molar-refractivity contribution is 0.392. The number of fused-ring (bicyclic) bond motifs is 19. The van der Waals surface area contributed by atoms with Crippen LogP contribution in [0.5, 0.6) is 0 Å². The number of allylic oxidation sites excluding steroid dienone is 3. The van der Waals surface area contributed by atoms with Gasteiger partial charge in [-0.3, -0.25) is 0 Å². The molecule has 2 unspecified atom stereocenters. The zero-order chi connectivity index (χ0) is 64.2. The highest BCUT2D eigenvalue weighted by Crippen LogP contribution is 2.56. The molecule has 0 amide bonds. The Bertz CT molecular complexity index is 6440. The molecule has 0 radical (unpaired) electrons. The van der Waals surface area contributed by atoms with E-state index in [0.29, 0.717) is 0 Å². The summed E-state index contributed by atoms with van der Waals surface area (Å²) in [5.74, 6) is 2.24. The predicted molar refractivity (Wildman–Crippen MR) is 397 cm³/mol. The van der Waals surface area contributed by atoms with Crippen LogP contribution in [0.3, 0.4) is 0 Å². The van der Waals surface area contributed by atoms with Gasteiger partial charge >= 0.3 is 0 Å². The van der Waals surface area contributed by atoms with E-state index in [2.05, 4.69) is 292 Å². The third-order valence-electron chi connectivity index (χ3n) is 21.9. The third-order valence-corrected chi connectivity index (χ3v) is 21.9. The zero-order valence-corrected chi connectivity index (χ0v) is 53.6. The van der Waals surface area contributed by atoms with Crippen molar-refractivity contribution in [1.29, 1.82) is 0 Å². The van der Waals surface area contributed by atoms with Gasteiger partial charge in [0.25, 0.3) is 0 Å². The van der Waals surface area contributed by atoms with E-state index < -0.39 is 0 Å². The maximum atomic E-state index is 7.03. The van der Waals surface area contributed by atoms with Gasteiger partial charge in [0.05, 0.1) is 11.4 Å². The van der Waals surface area contributed by atoms with E-state index in [1.165, 1.54) is 33.4 Å². The molecule has 13 aromatic carbocycles. The van der Waals surface area contributed by atoms with Crippen molar-refractivity contribution in [3.63, 3.8) is 0 Å². The van der Waals surface area contributed by atoms with Crippen LogP contribution >= 0.6 is 0 Å². The number of benzene rings is 13. The molecule has 460 valence electrons. The van der Waals surface area contributed by atoms with E-state index >= 15 is 0 Å². The Labute approximate surface area is 557 Å². The first-order valence-corrected chi connectivity index (χ1v) is 33.6. The fraction of sp³-hybridized carbons (Fsp3) is 0.0889. The molecule has 0 spiro atoms. The van der Waals surface area contributed by atoms with Crippen LogP contribution in [0.15, 0.2) is 307 Å². The van der Waals surface area contributed by atoms with Gasteiger partial charge in [-0.15, -0.1) is 0 Å². The topological polar surface area (TPSA) is 72.2 Å². The SMILES string of the molecule is CC1(C)c2ccccc2-c2ccc(N(c3ccc4c(c3)oc3cc5c(cc34)oc3cc4c(cc35)oc3cc(N(C5=CC6C(C=C5)c5ccccc5C6(C)C)c5cccc6cc(-c7cc8ccccc8o7)ccc56)ccc34)c3cccc4cc(-c5cc6ccccc6o5)ccc34)cc21. The van der Waals surface area contributed by atoms with Gasteiger partial charge in [0.15, 0.2) is 0 Å². The van der Waals surface area contributed by atoms with Crippen molar-refractivity contribution in [2.45, 2.75) is 44.4 Å². The van der Waals surface area contributed by atoms with Crippen molar-refractivity contribution in [1.82, 2.24) is 0 Å². The monoisotopic (exact) mass is 1250 g/mol. The number of para-hydroxylation sites is 2. The second kappa shape index (κ2) is 19.8. The summed E-state index contributed by atoms with van der Waals surface area (Å²) in [4.78, 5) is 4.82. The molecule has 5 heterocycles. The standard InChI is InChI=1S/C90H60N2O5/c1-89(2)73-21-9-7-19-63(73)65-35-29-57(43-75(65)89)91(77-23-13-17-51-39-55(27-33-61(51)77)81-41-53-15-5-11-25-79(53)93-81)59-31-37-67-69-47-87-71(49-85(69)95-83(67)45-59)72-50-86-70(48-88(72)97-87)68-38-32-60(46-84(68)96-86)92(58-30-36-66-64-20-8-10-22-74(64)90(3,4)76(66)44-58)78-24-14-18-52-40-56(28-34-62(52)78)82-42-54-16-6-12-26-80(54)94-82/h5-50,65,75H,1-4H3. The number of hydrogen-bond donors (Lipinski definition) is 0. The summed E-state index contributed by atoms with van der Waals surface area (Å²) in [6.45, 7) is 9.49. The first-order chi connectivity index (χ1) is 47.5. The lowest BCUT2D eigenvalue weighted by Gasteiger charge is -2.35. The number of furan rings is 5. The zero-order valence-electron chi connectivity index (χ0n) is 53.6. The Morgan fingerprint density at radius 2 is 0.784 bits per heavy atom. The van der Waals surface area contributed by atoms with E-state index in [1.54, 1.807) is 0 Å². The maximum absolute atomic E-state index is 7.03. The van der Waals surface area contributed by atoms with Gasteiger partial charge in [0.1, 0.15) is 56.2 Å². The molecule has 7 heteroatoms. The molecule has 97 heavy (non-hydrogen) atoms. The second-order valence-electron chi connectivity index (χ2n) is 28.0. The average Bonchev–Trinajstić information content (AvgIpc) is 1.56. The van der Waals surface area contributed by atoms with Crippen LogP contribution in [0, 0.1) is 5.92 Å². The average molecular weight is 1250 g/mol. The highest BCUT2D eigenvalue weighted by molar-refractivity contribution is 6.19. The molecule has 5 aromatic heterocycles. The Morgan fingerprint density at radius 1 is 0.320 bits per heavy atom. The number of hydrogen-bond acceptors (Lipinski definition) is 7. The summed E-state index contributed by atoms with van der Waals surface area (Å²) in [6.07, 6.45) is 7.27. The van der Waals surface area contributed by atoms with Crippen molar-refractivity contribution in [2.24, 2.45) is 5.92 Å². The summed E-state index contributed by atoms with van der Waals surface area (Å²) in [7, 11) is 0. The predicted octanol–water partition coefficient (Wildman–Crippen LogP) is 25.6. The van der Waals surface area contributed by atoms with Crippen LogP contribution in [-0.4, -0.2) is 0 Å². The van der Waals surface area contributed by atoms with Crippen molar-refractivity contribution in [3.05, 3.63) is 307 Å². The molecule has 21 rings (SSSR count). The molecule has 3 aliphatic rings. The minimum atomic E-state index is -0.194. The van der Waals surface area contributed by atoms with Crippen LogP contribution in [0.4, 0.5) is 28.4 Å². The highest BCUT2D eigenvalue weighted by Gasteiger charge is 2.46. The molecule has 0 saturated heterocycles. The van der Waals surface area contributed by atoms with Gasteiger partial charge in [-0.05, 0) is 171 Å². The smallest absolute Gasteiger partial charge is 0.137 e. The Morgan fingerprint density at radius 3 is 1.38 bits per heavy atom. The normalized spacial score (nSPS) is 16.0. The van der Waals surface area contributed by atoms with E-state index in [-0.39, 0.29) is 22.7 Å². The van der Waals surface area contributed by atoms with Gasteiger partial charge in [-0.2, -0.15) is 0 Å². The minimum Gasteiger partial charge on any atom is -0.456 e. The number of nitrogens with zero attached hydrogens (tertiary/aromatic N) is 2. The van der Waals surface area contributed by atoms with E-state index in [9.17, 15) is 0 Å². The van der Waals surface area contributed by atoms with Crippen LogP contribution in [0.1, 0.15) is 55.9 Å². The molecule has 2 atom stereocenters. The molecule has 3 aliphatic carbocycles. The van der Waals surface area contributed by atoms with Gasteiger partial charge < -0.3 is 31.9 Å². The van der Waals surface area contributed by atoms with Gasteiger partial charge in [0, 0.05) is 111 Å². The summed E-state index contributed by atoms with van der Waals surface area (Å²) < 4.78 is 33.7. The van der Waals surface area contributed by atoms with Crippen LogP contribution in [0.25, 0.3) is 143 Å². The van der Waals surface area contributed by atoms with Gasteiger partial charge in [-0.1, -0.05) is 179 Å². The van der Waals surface area contributed by atoms with Crippen LogP contribution < -0.4 is 9.80 Å². The minimum absolute atomic E-state index is 0.0753. The third kappa shape index (κ3) is 7.97. The maximum Gasteiger partial charge on any atom is 0.137 e. The van der Waals surface area contributed by atoms with Gasteiger partial charge in [-0.25, -0.2) is 0 Å². The molecule has 0 N–H and O–H groups in total. The Hall–Kier alpha value is -12.1. The molecule has 0 saturated carbocycles. The Balaban J connectivity index is 0.670. The lowest BCUT2D eigenvalue weighted by Crippen LogP contribution is -2.28. The molecule has 0 aliphatic heterocycles. The number of rotatable bonds is 8. The van der Waals surface area contributed by atoms with Crippen LogP contribution in [-0.2, 0) is 10.8 Å². The molecule has 7 nitrogen and oxygen atoms in total. The second-order valence-corrected chi connectivity index (χ2v) is 28.0. The molecule has 0 bridgehead atoms. The quantitative estimate of drug-likeness (QED) is 0.150. The molecular formula is C90H60N2O5. The first kappa shape index (κ1) is 54.3. The summed E-state index contributed by atoms with van der Waals surface area (Å²) in [6, 6.07) is 93.9. The van der Waals surface area contributed by atoms with Gasteiger partial charge in [0.2, 0.25) is 0 Å². The first-order valence-electron chi connectivity index (χ1n) is 33.6. The molecule has 18 aromatic rings. The van der Waals surface area contributed by atoms with Crippen molar-refractivity contribution in [2.75, 3.05) is 9.80 Å². The fourth-order valence-electron chi connectivity index (χ4n) is 17.1. The van der Waals surface area contributed by atoms with Crippen molar-refractivity contribution >= 4 is 138 Å². The van der Waals surface area contributed by atoms with Crippen LogP contribution in [0.2, 0.25) is 0 Å². The lowest BCUT2D eigenvalue weighted by atomic mass is 9.74. The fourth-order valence-corrected chi connectivity index (χ4v) is 17.1. The summed E-state index contributed by atoms with van der Waals surface area (Å²) in [5, 5.41) is 12.6. The van der Waals surface area contributed by atoms with Crippen molar-refractivity contribution in [3.8, 4) is 33.8 Å². The van der Waals surface area contributed by atoms with E-state index in [4.69, 9.17) is 22.1 Å². The Kier molecular flexibility index (Phi) is 11.1. The summed E-state index contributed by atoms with van der Waals surface area (Å²) in [5.41, 5.74) is 22.6. The largest absolute Gasteiger partial charge is 0.456 e. The molecule has 0 fully saturated rings. The summed E-state index contributed by atoms with van der Waals surface area (Å²) >= 11 is 0. The van der Waals surface area contributed by atoms with E-state index in [1.807, 2.05) is 24.3 Å². The highest BCUT2D eigenvalue weighted by atomic mass is 16.4. The van der Waals surface area contributed by atoms with Crippen molar-refractivity contribution < 1.29 is 22.1 Å². The van der Waals surface area contributed by atoms with E-state index in [0.717, 1.165) is 166 Å².